The Morgan fingerprint density at radius 2 is 1.86 bits per heavy atom. The molecule has 1 aromatic heterocycles. The Labute approximate surface area is 122 Å². The Morgan fingerprint density at radius 3 is 2.62 bits per heavy atom. The van der Waals surface area contributed by atoms with Crippen LogP contribution in [0.1, 0.15) is 25.7 Å². The van der Waals surface area contributed by atoms with E-state index in [2.05, 4.69) is 4.90 Å². The zero-order valence-corrected chi connectivity index (χ0v) is 11.9. The monoisotopic (exact) mass is 288 g/mol. The van der Waals surface area contributed by atoms with Gasteiger partial charge in [0.25, 0.3) is 0 Å². The Morgan fingerprint density at radius 1 is 1.14 bits per heavy atom. The quantitative estimate of drug-likeness (QED) is 0.931. The summed E-state index contributed by atoms with van der Waals surface area (Å²) in [4.78, 5) is 14.5. The van der Waals surface area contributed by atoms with Crippen molar-refractivity contribution in [1.29, 1.82) is 0 Å². The number of aliphatic hydroxyl groups excluding tert-OH is 1. The number of oxazole rings is 1. The number of hydrogen-bond donors (Lipinski definition) is 1. The highest BCUT2D eigenvalue weighted by Gasteiger charge is 2.39. The van der Waals surface area contributed by atoms with Crippen LogP contribution in [0.15, 0.2) is 33.5 Å². The zero-order valence-electron chi connectivity index (χ0n) is 11.9. The van der Waals surface area contributed by atoms with Gasteiger partial charge < -0.3 is 9.52 Å². The molecule has 0 amide bonds. The van der Waals surface area contributed by atoms with E-state index >= 15 is 0 Å². The lowest BCUT2D eigenvalue weighted by Crippen LogP contribution is -2.46. The molecule has 1 N–H and O–H groups in total. The third-order valence-corrected chi connectivity index (χ3v) is 5.01. The van der Waals surface area contributed by atoms with Gasteiger partial charge in [-0.15, -0.1) is 0 Å². The van der Waals surface area contributed by atoms with E-state index in [1.54, 1.807) is 4.57 Å². The van der Waals surface area contributed by atoms with Crippen molar-refractivity contribution < 1.29 is 9.52 Å². The molecule has 112 valence electrons. The molecular weight excluding hydrogens is 268 g/mol. The highest BCUT2D eigenvalue weighted by atomic mass is 16.4. The first-order chi connectivity index (χ1) is 10.2. The van der Waals surface area contributed by atoms with Crippen LogP contribution in [0.25, 0.3) is 11.1 Å². The van der Waals surface area contributed by atoms with Crippen molar-refractivity contribution >= 4 is 11.1 Å². The molecule has 21 heavy (non-hydrogen) atoms. The predicted molar refractivity (Wildman–Crippen MR) is 79.2 cm³/mol. The second kappa shape index (κ2) is 5.00. The molecule has 5 nitrogen and oxygen atoms in total. The van der Waals surface area contributed by atoms with E-state index in [0.29, 0.717) is 24.2 Å². The average molecular weight is 288 g/mol. The van der Waals surface area contributed by atoms with Gasteiger partial charge in [0.05, 0.1) is 11.6 Å². The van der Waals surface area contributed by atoms with E-state index in [1.807, 2.05) is 24.3 Å². The highest BCUT2D eigenvalue weighted by Crippen LogP contribution is 2.35. The number of aromatic nitrogens is 1. The van der Waals surface area contributed by atoms with Crippen molar-refractivity contribution in [3.63, 3.8) is 0 Å². The van der Waals surface area contributed by atoms with Crippen molar-refractivity contribution in [2.45, 2.75) is 50.4 Å². The van der Waals surface area contributed by atoms with Crippen molar-refractivity contribution in [3.8, 4) is 0 Å². The van der Waals surface area contributed by atoms with Crippen molar-refractivity contribution in [2.75, 3.05) is 6.54 Å². The Bertz CT molecular complexity index is 691. The van der Waals surface area contributed by atoms with Crippen LogP contribution < -0.4 is 5.76 Å². The van der Waals surface area contributed by atoms with E-state index in [9.17, 15) is 9.90 Å². The van der Waals surface area contributed by atoms with Crippen molar-refractivity contribution in [2.24, 2.45) is 0 Å². The fourth-order valence-corrected chi connectivity index (χ4v) is 4.05. The lowest BCUT2D eigenvalue weighted by atomic mass is 10.00. The summed E-state index contributed by atoms with van der Waals surface area (Å²) in [5, 5.41) is 9.85. The molecule has 2 fully saturated rings. The van der Waals surface area contributed by atoms with Crippen molar-refractivity contribution in [1.82, 2.24) is 9.47 Å². The van der Waals surface area contributed by atoms with Gasteiger partial charge in [-0.3, -0.25) is 9.47 Å². The maximum Gasteiger partial charge on any atom is 0.419 e. The average Bonchev–Trinajstić information content (AvgIpc) is 2.90. The summed E-state index contributed by atoms with van der Waals surface area (Å²) in [6, 6.07) is 8.51. The Kier molecular flexibility index (Phi) is 3.12. The second-order valence-corrected chi connectivity index (χ2v) is 6.24. The van der Waals surface area contributed by atoms with Gasteiger partial charge in [0, 0.05) is 25.2 Å². The number of benzene rings is 1. The maximum atomic E-state index is 12.0. The summed E-state index contributed by atoms with van der Waals surface area (Å²) < 4.78 is 7.00. The molecule has 2 atom stereocenters. The van der Waals surface area contributed by atoms with Gasteiger partial charge in [-0.2, -0.15) is 0 Å². The number of hydrogen-bond acceptors (Lipinski definition) is 4. The number of rotatable bonds is 3. The van der Waals surface area contributed by atoms with Gasteiger partial charge in [-0.05, 0) is 37.8 Å². The van der Waals surface area contributed by atoms with Gasteiger partial charge in [-0.25, -0.2) is 4.79 Å². The molecule has 2 aliphatic rings. The molecule has 0 spiro atoms. The second-order valence-electron chi connectivity index (χ2n) is 6.24. The molecular formula is C16H20N2O3. The van der Waals surface area contributed by atoms with Crippen LogP contribution in [0.5, 0.6) is 0 Å². The predicted octanol–water partition coefficient (Wildman–Crippen LogP) is 1.58. The molecule has 4 rings (SSSR count). The van der Waals surface area contributed by atoms with Crippen LogP contribution in [-0.4, -0.2) is 39.3 Å². The SMILES string of the molecule is O=c1oc2ccccc2n1CCN1C2CCC1CC(O)C2. The fourth-order valence-electron chi connectivity index (χ4n) is 4.05. The molecule has 2 unspecified atom stereocenters. The van der Waals surface area contributed by atoms with Gasteiger partial charge in [-0.1, -0.05) is 12.1 Å². The van der Waals surface area contributed by atoms with Gasteiger partial charge in [0.2, 0.25) is 0 Å². The van der Waals surface area contributed by atoms with E-state index in [1.165, 1.54) is 12.8 Å². The minimum Gasteiger partial charge on any atom is -0.408 e. The third-order valence-electron chi connectivity index (χ3n) is 5.01. The smallest absolute Gasteiger partial charge is 0.408 e. The lowest BCUT2D eigenvalue weighted by Gasteiger charge is -2.37. The van der Waals surface area contributed by atoms with Gasteiger partial charge in [0.1, 0.15) is 0 Å². The number of fused-ring (bicyclic) bond motifs is 3. The molecule has 2 aliphatic heterocycles. The van der Waals surface area contributed by atoms with E-state index in [0.717, 1.165) is 24.9 Å². The first-order valence-corrected chi connectivity index (χ1v) is 7.74. The van der Waals surface area contributed by atoms with Gasteiger partial charge >= 0.3 is 5.76 Å². The first kappa shape index (κ1) is 13.1. The lowest BCUT2D eigenvalue weighted by molar-refractivity contribution is 0.0336. The van der Waals surface area contributed by atoms with Crippen LogP contribution in [0.4, 0.5) is 0 Å². The summed E-state index contributed by atoms with van der Waals surface area (Å²) in [5.41, 5.74) is 1.52. The fraction of sp³-hybridized carbons (Fsp3) is 0.562. The van der Waals surface area contributed by atoms with E-state index < -0.39 is 0 Å². The number of piperidine rings is 1. The zero-order chi connectivity index (χ0) is 14.4. The Hall–Kier alpha value is -1.59. The molecule has 0 radical (unpaired) electrons. The normalized spacial score (nSPS) is 29.3. The summed E-state index contributed by atoms with van der Waals surface area (Å²) in [6.07, 6.45) is 3.94. The number of nitrogens with zero attached hydrogens (tertiary/aromatic N) is 2. The minimum atomic E-state index is -0.277. The summed E-state index contributed by atoms with van der Waals surface area (Å²) in [6.45, 7) is 1.50. The molecule has 2 bridgehead atoms. The summed E-state index contributed by atoms with van der Waals surface area (Å²) >= 11 is 0. The van der Waals surface area contributed by atoms with Gasteiger partial charge in [0.15, 0.2) is 5.58 Å². The molecule has 2 aromatic rings. The van der Waals surface area contributed by atoms with Crippen LogP contribution in [0.3, 0.4) is 0 Å². The molecule has 3 heterocycles. The Balaban J connectivity index is 1.54. The number of aliphatic hydroxyl groups is 1. The highest BCUT2D eigenvalue weighted by molar-refractivity contribution is 5.72. The van der Waals surface area contributed by atoms with Crippen molar-refractivity contribution in [3.05, 3.63) is 34.8 Å². The minimum absolute atomic E-state index is 0.142. The van der Waals surface area contributed by atoms with E-state index in [4.69, 9.17) is 4.42 Å². The first-order valence-electron chi connectivity index (χ1n) is 7.74. The molecule has 0 aliphatic carbocycles. The molecule has 5 heteroatoms. The van der Waals surface area contributed by atoms with Crippen LogP contribution in [0.2, 0.25) is 0 Å². The van der Waals surface area contributed by atoms with E-state index in [-0.39, 0.29) is 11.9 Å². The van der Waals surface area contributed by atoms with Crippen LogP contribution >= 0.6 is 0 Å². The summed E-state index contributed by atoms with van der Waals surface area (Å²) in [5.74, 6) is -0.277. The van der Waals surface area contributed by atoms with Crippen LogP contribution in [0, 0.1) is 0 Å². The van der Waals surface area contributed by atoms with Crippen LogP contribution in [-0.2, 0) is 6.54 Å². The molecule has 0 saturated carbocycles. The standard InChI is InChI=1S/C16H20N2O3/c19-13-9-11-5-6-12(10-13)17(11)7-8-18-14-3-1-2-4-15(14)21-16(18)20/h1-4,11-13,19H,5-10H2. The third kappa shape index (κ3) is 2.21. The molecule has 1 aromatic carbocycles. The number of para-hydroxylation sites is 2. The maximum absolute atomic E-state index is 12.0. The largest absolute Gasteiger partial charge is 0.419 e. The summed E-state index contributed by atoms with van der Waals surface area (Å²) in [7, 11) is 0. The topological polar surface area (TPSA) is 58.6 Å². The molecule has 2 saturated heterocycles.